The molecule has 0 saturated heterocycles. The summed E-state index contributed by atoms with van der Waals surface area (Å²) in [6, 6.07) is 9.35. The van der Waals surface area contributed by atoms with Gasteiger partial charge in [-0.15, -0.1) is 5.10 Å². The van der Waals surface area contributed by atoms with Crippen LogP contribution in [0.5, 0.6) is 5.75 Å². The summed E-state index contributed by atoms with van der Waals surface area (Å²) in [5.41, 5.74) is 5.13. The average Bonchev–Trinajstić information content (AvgIpc) is 3.42. The Balaban J connectivity index is 1.60. The highest BCUT2D eigenvalue weighted by Gasteiger charge is 2.22. The molecule has 170 valence electrons. The Morgan fingerprint density at radius 2 is 1.91 bits per heavy atom. The lowest BCUT2D eigenvalue weighted by atomic mass is 9.92. The minimum Gasteiger partial charge on any atom is -0.495 e. The Hall–Kier alpha value is -4.01. The minimum atomic E-state index is -0.225. The zero-order valence-electron chi connectivity index (χ0n) is 19.6. The second kappa shape index (κ2) is 8.50. The fourth-order valence-electron chi connectivity index (χ4n) is 3.36. The summed E-state index contributed by atoms with van der Waals surface area (Å²) >= 11 is 0. The molecule has 0 unspecified atom stereocenters. The molecule has 4 rings (SSSR count). The van der Waals surface area contributed by atoms with E-state index in [2.05, 4.69) is 46.5 Å². The molecule has 0 aliphatic carbocycles. The van der Waals surface area contributed by atoms with Crippen LogP contribution in [-0.2, 0) is 12.5 Å². The van der Waals surface area contributed by atoms with Crippen LogP contribution < -0.4 is 10.1 Å². The fourth-order valence-corrected chi connectivity index (χ4v) is 3.36. The van der Waals surface area contributed by atoms with Gasteiger partial charge in [0.2, 0.25) is 0 Å². The Bertz CT molecular complexity index is 1310. The van der Waals surface area contributed by atoms with Crippen LogP contribution in [0.4, 0.5) is 5.69 Å². The first kappa shape index (κ1) is 22.2. The molecule has 0 spiro atoms. The van der Waals surface area contributed by atoms with Crippen molar-refractivity contribution in [3.8, 4) is 22.7 Å². The molecule has 3 aromatic heterocycles. The van der Waals surface area contributed by atoms with Crippen molar-refractivity contribution in [2.45, 2.75) is 33.1 Å². The predicted molar refractivity (Wildman–Crippen MR) is 126 cm³/mol. The number of carbonyl (C=O) groups is 1. The van der Waals surface area contributed by atoms with E-state index < -0.39 is 0 Å². The van der Waals surface area contributed by atoms with Gasteiger partial charge in [0.05, 0.1) is 30.9 Å². The van der Waals surface area contributed by atoms with Crippen molar-refractivity contribution < 1.29 is 9.53 Å². The Morgan fingerprint density at radius 3 is 2.61 bits per heavy atom. The molecule has 0 fully saturated rings. The van der Waals surface area contributed by atoms with Crippen LogP contribution in [0.25, 0.3) is 16.9 Å². The summed E-state index contributed by atoms with van der Waals surface area (Å²) < 4.78 is 8.53. The van der Waals surface area contributed by atoms with Gasteiger partial charge in [-0.05, 0) is 36.8 Å². The number of pyridine rings is 1. The maximum absolute atomic E-state index is 12.9. The molecule has 1 aromatic carbocycles. The SMILES string of the molecule is COc1cncc(-c2cn(-c3cc(NC(=O)c4cc(C(C)(C)C)nn4C)ccc3C)nn2)c1. The van der Waals surface area contributed by atoms with Crippen LogP contribution in [0.15, 0.2) is 48.9 Å². The van der Waals surface area contributed by atoms with Gasteiger partial charge in [0.15, 0.2) is 0 Å². The van der Waals surface area contributed by atoms with E-state index in [1.165, 1.54) is 0 Å². The van der Waals surface area contributed by atoms with Crippen LogP contribution in [-0.4, -0.2) is 42.8 Å². The number of rotatable bonds is 5. The first-order valence-electron chi connectivity index (χ1n) is 10.5. The molecule has 0 saturated carbocycles. The van der Waals surface area contributed by atoms with Gasteiger partial charge in [-0.1, -0.05) is 32.1 Å². The van der Waals surface area contributed by atoms with Crippen LogP contribution in [0.2, 0.25) is 0 Å². The van der Waals surface area contributed by atoms with Crippen molar-refractivity contribution >= 4 is 11.6 Å². The molecular formula is C24H27N7O2. The maximum atomic E-state index is 12.9. The van der Waals surface area contributed by atoms with Crippen molar-refractivity contribution in [3.63, 3.8) is 0 Å². The quantitative estimate of drug-likeness (QED) is 0.500. The lowest BCUT2D eigenvalue weighted by molar-refractivity contribution is 0.101. The number of methoxy groups -OCH3 is 1. The number of hydrogen-bond donors (Lipinski definition) is 1. The molecule has 0 aliphatic rings. The number of carbonyl (C=O) groups excluding carboxylic acids is 1. The standard InChI is InChI=1S/C24H27N7O2/c1-15-7-8-17(26-23(32)21-11-22(24(2,3)4)28-30(21)5)10-20(15)31-14-19(27-29-31)16-9-18(33-6)13-25-12-16/h7-14H,1-6H3,(H,26,32). The van der Waals surface area contributed by atoms with Gasteiger partial charge in [0, 0.05) is 29.9 Å². The third kappa shape index (κ3) is 4.62. The molecule has 4 aromatic rings. The average molecular weight is 446 g/mol. The first-order valence-corrected chi connectivity index (χ1v) is 10.5. The zero-order chi connectivity index (χ0) is 23.8. The molecule has 3 heterocycles. The van der Waals surface area contributed by atoms with Crippen LogP contribution >= 0.6 is 0 Å². The topological polar surface area (TPSA) is 99.8 Å². The van der Waals surface area contributed by atoms with Gasteiger partial charge < -0.3 is 10.1 Å². The normalized spacial score (nSPS) is 11.5. The molecule has 1 amide bonds. The van der Waals surface area contributed by atoms with Gasteiger partial charge >= 0.3 is 0 Å². The van der Waals surface area contributed by atoms with Crippen molar-refractivity contribution in [1.29, 1.82) is 0 Å². The van der Waals surface area contributed by atoms with E-state index in [-0.39, 0.29) is 11.3 Å². The first-order chi connectivity index (χ1) is 15.7. The molecule has 9 heteroatoms. The van der Waals surface area contributed by atoms with Crippen molar-refractivity contribution in [2.75, 3.05) is 12.4 Å². The van der Waals surface area contributed by atoms with Crippen molar-refractivity contribution in [2.24, 2.45) is 7.05 Å². The smallest absolute Gasteiger partial charge is 0.273 e. The van der Waals surface area contributed by atoms with Crippen molar-refractivity contribution in [1.82, 2.24) is 29.8 Å². The second-order valence-electron chi connectivity index (χ2n) is 8.91. The summed E-state index contributed by atoms with van der Waals surface area (Å²) in [5.74, 6) is 0.421. The minimum absolute atomic E-state index is 0.142. The van der Waals surface area contributed by atoms with E-state index in [0.717, 1.165) is 22.5 Å². The summed E-state index contributed by atoms with van der Waals surface area (Å²) in [5, 5.41) is 16.0. The number of anilines is 1. The van der Waals surface area contributed by atoms with E-state index in [1.807, 2.05) is 43.5 Å². The summed E-state index contributed by atoms with van der Waals surface area (Å²) in [6.07, 6.45) is 5.16. The van der Waals surface area contributed by atoms with Gasteiger partial charge in [0.1, 0.15) is 17.1 Å². The lowest BCUT2D eigenvalue weighted by Gasteiger charge is -2.13. The monoisotopic (exact) mass is 445 g/mol. The third-order valence-electron chi connectivity index (χ3n) is 5.33. The molecule has 0 radical (unpaired) electrons. The van der Waals surface area contributed by atoms with E-state index in [0.29, 0.717) is 22.8 Å². The summed E-state index contributed by atoms with van der Waals surface area (Å²) in [7, 11) is 3.37. The number of nitrogens with zero attached hydrogens (tertiary/aromatic N) is 6. The number of nitrogens with one attached hydrogen (secondary N) is 1. The number of benzene rings is 1. The molecular weight excluding hydrogens is 418 g/mol. The fraction of sp³-hybridized carbons (Fsp3) is 0.292. The van der Waals surface area contributed by atoms with Gasteiger partial charge in [-0.2, -0.15) is 5.10 Å². The Kier molecular flexibility index (Phi) is 5.71. The number of amides is 1. The number of aromatic nitrogens is 6. The van der Waals surface area contributed by atoms with E-state index in [4.69, 9.17) is 4.74 Å². The van der Waals surface area contributed by atoms with Gasteiger partial charge in [-0.3, -0.25) is 14.5 Å². The van der Waals surface area contributed by atoms with E-state index in [1.54, 1.807) is 35.9 Å². The van der Waals surface area contributed by atoms with E-state index in [9.17, 15) is 4.79 Å². The summed E-state index contributed by atoms with van der Waals surface area (Å²) in [4.78, 5) is 17.1. The van der Waals surface area contributed by atoms with Crippen LogP contribution in [0.1, 0.15) is 42.5 Å². The molecule has 0 atom stereocenters. The lowest BCUT2D eigenvalue weighted by Crippen LogP contribution is -2.16. The highest BCUT2D eigenvalue weighted by atomic mass is 16.5. The van der Waals surface area contributed by atoms with E-state index >= 15 is 0 Å². The Labute approximate surface area is 192 Å². The van der Waals surface area contributed by atoms with Crippen LogP contribution in [0.3, 0.4) is 0 Å². The number of hydrogen-bond acceptors (Lipinski definition) is 6. The molecule has 33 heavy (non-hydrogen) atoms. The molecule has 0 aliphatic heterocycles. The van der Waals surface area contributed by atoms with Crippen LogP contribution in [0, 0.1) is 6.92 Å². The highest BCUT2D eigenvalue weighted by molar-refractivity contribution is 6.03. The molecule has 9 nitrogen and oxygen atoms in total. The van der Waals surface area contributed by atoms with Gasteiger partial charge in [0.25, 0.3) is 5.91 Å². The molecule has 0 bridgehead atoms. The maximum Gasteiger partial charge on any atom is 0.273 e. The van der Waals surface area contributed by atoms with Gasteiger partial charge in [-0.25, -0.2) is 4.68 Å². The number of ether oxygens (including phenoxy) is 1. The number of aryl methyl sites for hydroxylation is 2. The Morgan fingerprint density at radius 1 is 1.12 bits per heavy atom. The second-order valence-corrected chi connectivity index (χ2v) is 8.91. The van der Waals surface area contributed by atoms with Crippen molar-refractivity contribution in [3.05, 3.63) is 65.9 Å². The highest BCUT2D eigenvalue weighted by Crippen LogP contribution is 2.25. The predicted octanol–water partition coefficient (Wildman–Crippen LogP) is 3.93. The largest absolute Gasteiger partial charge is 0.495 e. The third-order valence-corrected chi connectivity index (χ3v) is 5.33. The molecule has 1 N–H and O–H groups in total. The summed E-state index contributed by atoms with van der Waals surface area (Å²) in [6.45, 7) is 8.18. The zero-order valence-corrected chi connectivity index (χ0v) is 19.6.